The molecule has 0 radical (unpaired) electrons. The lowest BCUT2D eigenvalue weighted by Crippen LogP contribution is -2.01. The molecule has 100 valence electrons. The Bertz CT molecular complexity index is 795. The fraction of sp³-hybridized carbons (Fsp3) is 0.0667. The summed E-state index contributed by atoms with van der Waals surface area (Å²) in [6, 6.07) is 14.9. The standard InChI is InChI=1S/C15H11BrN2O2/c16-13-5-6-14-11(9-13)7-8-17(14)10-12-3-1-2-4-15(12)18(19)20/h1-9H,10H2. The molecule has 0 atom stereocenters. The molecule has 1 aromatic heterocycles. The van der Waals surface area contributed by atoms with Gasteiger partial charge in [-0.25, -0.2) is 0 Å². The summed E-state index contributed by atoms with van der Waals surface area (Å²) in [5.74, 6) is 0. The summed E-state index contributed by atoms with van der Waals surface area (Å²) >= 11 is 3.44. The normalized spacial score (nSPS) is 10.8. The molecular formula is C15H11BrN2O2. The van der Waals surface area contributed by atoms with E-state index in [4.69, 9.17) is 0 Å². The summed E-state index contributed by atoms with van der Waals surface area (Å²) in [6.45, 7) is 0.488. The van der Waals surface area contributed by atoms with Crippen LogP contribution in [0.15, 0.2) is 59.2 Å². The van der Waals surface area contributed by atoms with E-state index in [0.29, 0.717) is 12.1 Å². The molecule has 0 spiro atoms. The van der Waals surface area contributed by atoms with Crippen LogP contribution in [0.1, 0.15) is 5.56 Å². The van der Waals surface area contributed by atoms with E-state index in [0.717, 1.165) is 15.4 Å². The molecule has 20 heavy (non-hydrogen) atoms. The first kappa shape index (κ1) is 12.9. The second-order valence-corrected chi connectivity index (χ2v) is 5.45. The Balaban J connectivity index is 2.04. The maximum absolute atomic E-state index is 11.0. The minimum atomic E-state index is -0.336. The average molecular weight is 331 g/mol. The van der Waals surface area contributed by atoms with Crippen molar-refractivity contribution in [2.24, 2.45) is 0 Å². The molecular weight excluding hydrogens is 320 g/mol. The van der Waals surface area contributed by atoms with Crippen molar-refractivity contribution in [1.29, 1.82) is 0 Å². The van der Waals surface area contributed by atoms with E-state index < -0.39 is 0 Å². The van der Waals surface area contributed by atoms with E-state index in [1.165, 1.54) is 6.07 Å². The van der Waals surface area contributed by atoms with Crippen LogP contribution in [0.4, 0.5) is 5.69 Å². The summed E-state index contributed by atoms with van der Waals surface area (Å²) in [6.07, 6.45) is 1.95. The number of aromatic nitrogens is 1. The average Bonchev–Trinajstić information content (AvgIpc) is 2.81. The van der Waals surface area contributed by atoms with Gasteiger partial charge >= 0.3 is 0 Å². The van der Waals surface area contributed by atoms with Gasteiger partial charge in [-0.05, 0) is 24.3 Å². The molecule has 0 fully saturated rings. The van der Waals surface area contributed by atoms with E-state index in [-0.39, 0.29) is 10.6 Å². The van der Waals surface area contributed by atoms with Gasteiger partial charge in [0, 0.05) is 33.2 Å². The molecule has 3 rings (SSSR count). The van der Waals surface area contributed by atoms with Crippen LogP contribution in [0.2, 0.25) is 0 Å². The van der Waals surface area contributed by atoms with Gasteiger partial charge in [0.25, 0.3) is 5.69 Å². The second kappa shape index (κ2) is 5.09. The van der Waals surface area contributed by atoms with Gasteiger partial charge in [0.15, 0.2) is 0 Å². The lowest BCUT2D eigenvalue weighted by molar-refractivity contribution is -0.385. The van der Waals surface area contributed by atoms with Crippen LogP contribution < -0.4 is 0 Å². The Morgan fingerprint density at radius 1 is 1.15 bits per heavy atom. The van der Waals surface area contributed by atoms with Gasteiger partial charge in [0.1, 0.15) is 0 Å². The van der Waals surface area contributed by atoms with E-state index >= 15 is 0 Å². The minimum absolute atomic E-state index is 0.159. The number of para-hydroxylation sites is 1. The topological polar surface area (TPSA) is 48.1 Å². The molecule has 1 heterocycles. The van der Waals surface area contributed by atoms with Crippen LogP contribution in [-0.2, 0) is 6.54 Å². The quantitative estimate of drug-likeness (QED) is 0.529. The van der Waals surface area contributed by atoms with Crippen LogP contribution >= 0.6 is 15.9 Å². The zero-order valence-corrected chi connectivity index (χ0v) is 12.1. The maximum Gasteiger partial charge on any atom is 0.274 e. The number of hydrogen-bond donors (Lipinski definition) is 0. The smallest absolute Gasteiger partial charge is 0.274 e. The number of fused-ring (bicyclic) bond motifs is 1. The van der Waals surface area contributed by atoms with Crippen molar-refractivity contribution < 1.29 is 4.92 Å². The van der Waals surface area contributed by atoms with Crippen molar-refractivity contribution >= 4 is 32.5 Å². The van der Waals surface area contributed by atoms with Crippen LogP contribution in [0, 0.1) is 10.1 Å². The Kier molecular flexibility index (Phi) is 3.28. The SMILES string of the molecule is O=[N+]([O-])c1ccccc1Cn1ccc2cc(Br)ccc21. The highest BCUT2D eigenvalue weighted by molar-refractivity contribution is 9.10. The van der Waals surface area contributed by atoms with E-state index in [1.54, 1.807) is 12.1 Å². The highest BCUT2D eigenvalue weighted by Crippen LogP contribution is 2.24. The number of halogens is 1. The number of nitrogens with zero attached hydrogens (tertiary/aromatic N) is 2. The lowest BCUT2D eigenvalue weighted by atomic mass is 10.2. The van der Waals surface area contributed by atoms with Crippen LogP contribution in [-0.4, -0.2) is 9.49 Å². The van der Waals surface area contributed by atoms with Crippen LogP contribution in [0.25, 0.3) is 10.9 Å². The Hall–Kier alpha value is -2.14. The molecule has 0 bridgehead atoms. The van der Waals surface area contributed by atoms with Crippen molar-refractivity contribution in [3.8, 4) is 0 Å². The number of nitro groups is 1. The number of nitro benzene ring substituents is 1. The summed E-state index contributed by atoms with van der Waals surface area (Å²) in [7, 11) is 0. The molecule has 0 aliphatic heterocycles. The van der Waals surface area contributed by atoms with Crippen molar-refractivity contribution in [1.82, 2.24) is 4.57 Å². The lowest BCUT2D eigenvalue weighted by Gasteiger charge is -2.06. The molecule has 0 aliphatic rings. The largest absolute Gasteiger partial charge is 0.343 e. The summed E-state index contributed by atoms with van der Waals surface area (Å²) in [4.78, 5) is 10.7. The molecule has 5 heteroatoms. The van der Waals surface area contributed by atoms with Crippen molar-refractivity contribution in [3.63, 3.8) is 0 Å². The van der Waals surface area contributed by atoms with E-state index in [9.17, 15) is 10.1 Å². The Labute approximate surface area is 123 Å². The Morgan fingerprint density at radius 3 is 2.75 bits per heavy atom. The van der Waals surface area contributed by atoms with Crippen molar-refractivity contribution in [3.05, 3.63) is 74.9 Å². The van der Waals surface area contributed by atoms with Gasteiger partial charge in [-0.1, -0.05) is 34.1 Å². The second-order valence-electron chi connectivity index (χ2n) is 4.53. The number of rotatable bonds is 3. The fourth-order valence-electron chi connectivity index (χ4n) is 2.32. The molecule has 0 saturated carbocycles. The van der Waals surface area contributed by atoms with Gasteiger partial charge in [0.05, 0.1) is 11.5 Å². The predicted octanol–water partition coefficient (Wildman–Crippen LogP) is 4.36. The van der Waals surface area contributed by atoms with Crippen LogP contribution in [0.3, 0.4) is 0 Å². The summed E-state index contributed by atoms with van der Waals surface area (Å²) in [5.41, 5.74) is 1.93. The monoisotopic (exact) mass is 330 g/mol. The molecule has 4 nitrogen and oxygen atoms in total. The Morgan fingerprint density at radius 2 is 1.95 bits per heavy atom. The van der Waals surface area contributed by atoms with E-state index in [2.05, 4.69) is 15.9 Å². The first-order chi connectivity index (χ1) is 9.65. The third-order valence-electron chi connectivity index (χ3n) is 3.26. The number of benzene rings is 2. The maximum atomic E-state index is 11.0. The molecule has 0 saturated heterocycles. The first-order valence-electron chi connectivity index (χ1n) is 6.12. The third kappa shape index (κ3) is 2.32. The van der Waals surface area contributed by atoms with Gasteiger partial charge < -0.3 is 4.57 Å². The summed E-state index contributed by atoms with van der Waals surface area (Å²) in [5, 5.41) is 12.2. The predicted molar refractivity (Wildman–Crippen MR) is 81.8 cm³/mol. The minimum Gasteiger partial charge on any atom is -0.343 e. The third-order valence-corrected chi connectivity index (χ3v) is 3.76. The van der Waals surface area contributed by atoms with Crippen molar-refractivity contribution in [2.45, 2.75) is 6.54 Å². The molecule has 0 N–H and O–H groups in total. The van der Waals surface area contributed by atoms with Gasteiger partial charge in [-0.15, -0.1) is 0 Å². The number of hydrogen-bond acceptors (Lipinski definition) is 2. The zero-order valence-electron chi connectivity index (χ0n) is 10.5. The van der Waals surface area contributed by atoms with Gasteiger partial charge in [-0.3, -0.25) is 10.1 Å². The molecule has 0 aliphatic carbocycles. The molecule has 3 aromatic rings. The first-order valence-corrected chi connectivity index (χ1v) is 6.91. The highest BCUT2D eigenvalue weighted by Gasteiger charge is 2.13. The fourth-order valence-corrected chi connectivity index (χ4v) is 2.69. The van der Waals surface area contributed by atoms with Crippen molar-refractivity contribution in [2.75, 3.05) is 0 Å². The van der Waals surface area contributed by atoms with Gasteiger partial charge in [-0.2, -0.15) is 0 Å². The zero-order chi connectivity index (χ0) is 14.1. The summed E-state index contributed by atoms with van der Waals surface area (Å²) < 4.78 is 3.04. The molecule has 0 unspecified atom stereocenters. The van der Waals surface area contributed by atoms with E-state index in [1.807, 2.05) is 41.1 Å². The highest BCUT2D eigenvalue weighted by atomic mass is 79.9. The van der Waals surface area contributed by atoms with Crippen LogP contribution in [0.5, 0.6) is 0 Å². The molecule has 0 amide bonds. The van der Waals surface area contributed by atoms with Gasteiger partial charge in [0.2, 0.25) is 0 Å². The molecule has 2 aromatic carbocycles.